The third-order valence-corrected chi connectivity index (χ3v) is 25.6. The van der Waals surface area contributed by atoms with Gasteiger partial charge >= 0.3 is 11.9 Å². The van der Waals surface area contributed by atoms with Gasteiger partial charge in [-0.3, -0.25) is 47.7 Å². The number of anilines is 3. The number of carbonyl (C=O) groups excluding carboxylic acids is 6. The Morgan fingerprint density at radius 1 is 0.478 bits per heavy atom. The van der Waals surface area contributed by atoms with Crippen LogP contribution in [0.2, 0.25) is 0 Å². The number of rotatable bonds is 23. The minimum absolute atomic E-state index is 0.00468. The SMILES string of the molecule is CC(=O)[C@H](Cc1ccc(-c2c(C(F)(F)F)cc(C)n(C)c2=O)c2c1COC2)NC(=O)c1c(F)cc(N2CCOC[C@@H]2C)cc1F.CC(=O)[C@H](Cc1ccc(-c2c(C)c3cc(F)ccc3n(C)c2=O)c2c1CCCO2)NC(=O)c1c(F)cc(N2CCOC[C@@H]2C)cc1F.CC[C@H](C)Nc1cc(F)c(C(=O)N[C@@H](Cc2ccc(-c3c(C)n(C)c(=O)n(C)c3=O)c3c2CCCO3)C(C)=O)c(F)c1. The van der Waals surface area contributed by atoms with E-state index in [1.807, 2.05) is 32.6 Å². The molecule has 25 nitrogen and oxygen atoms in total. The number of nitrogens with one attached hydrogen (secondary N) is 4. The maximum absolute atomic E-state index is 15.3. The zero-order valence-electron chi connectivity index (χ0n) is 76.5. The molecule has 0 spiro atoms. The number of benzene rings is 7. The van der Waals surface area contributed by atoms with Gasteiger partial charge in [0, 0.05) is 124 Å². The van der Waals surface area contributed by atoms with E-state index in [-0.39, 0.29) is 78.8 Å². The lowest BCUT2D eigenvalue weighted by molar-refractivity contribution is -0.137. The van der Waals surface area contributed by atoms with Crippen molar-refractivity contribution in [1.82, 2.24) is 34.2 Å². The summed E-state index contributed by atoms with van der Waals surface area (Å²) in [4.78, 5) is 133. The number of aryl methyl sites for hydroxylation is 3. The first-order chi connectivity index (χ1) is 63.5. The maximum atomic E-state index is 15.3. The van der Waals surface area contributed by atoms with Crippen LogP contribution in [0.4, 0.5) is 61.0 Å². The van der Waals surface area contributed by atoms with Crippen LogP contribution < -0.4 is 62.9 Å². The Kier molecular flexibility index (Phi) is 30.0. The second-order valence-electron chi connectivity index (χ2n) is 34.5. The first kappa shape index (κ1) is 98.5. The van der Waals surface area contributed by atoms with Gasteiger partial charge in [0.15, 0.2) is 17.3 Å². The summed E-state index contributed by atoms with van der Waals surface area (Å²) in [7, 11) is 6.02. The minimum atomic E-state index is -4.80. The summed E-state index contributed by atoms with van der Waals surface area (Å²) in [5, 5.41) is 11.0. The lowest BCUT2D eigenvalue weighted by Gasteiger charge is -2.35. The number of fused-ring (bicyclic) bond motifs is 4. The standard InChI is InChI=1S/C36H36F3N3O5.C32H32F5N3O5.C31H36F2N4O5/c1-19-18-46-13-11-42(19)24-16-28(38)33(29(39)17-24)35(44)40-30(21(3)43)14-22-7-9-26(34-25(22)6-5-12-47-34)32-20(2)27-15-23(37)8-10-31(27)41(4)36(32)45;1-16-9-24(32(35,36)37)28(31(43)39(16)4)21-6-5-19(22-14-45-15-23(21)22)10-27(18(3)41)38-30(42)29-25(33)11-20(12-26(29)34)40-7-8-44-13-17(40)2;1-7-16(2)34-20-14-23(32)27(24(33)15-20)29(39)35-25(18(4)38)13-19-10-11-22(28-21(19)9-8-12-42-28)26-17(3)36(5)31(41)37(6)30(26)40/h7-10,15-17,19,30H,5-6,11-14,18H2,1-4H3,(H,40,44);5-6,9,11-12,17,27H,7-8,10,13-15H2,1-4H3,(H,38,42);10-11,14-16,25,34H,7-9,12-13H2,1-6H3,(H,35,39)/t19-,30-;17-,27-;16-,25-/m000/s1. The van der Waals surface area contributed by atoms with Gasteiger partial charge in [0.05, 0.1) is 98.8 Å². The third kappa shape index (κ3) is 20.4. The normalized spacial score (nSPS) is 16.1. The molecule has 5 aliphatic heterocycles. The van der Waals surface area contributed by atoms with Crippen molar-refractivity contribution in [2.75, 3.05) is 67.8 Å². The van der Waals surface area contributed by atoms with Gasteiger partial charge in [-0.2, -0.15) is 13.2 Å². The van der Waals surface area contributed by atoms with E-state index in [2.05, 4.69) is 21.3 Å². The highest BCUT2D eigenvalue weighted by atomic mass is 19.4. The molecular weight excluding hydrogens is 1760 g/mol. The van der Waals surface area contributed by atoms with Crippen molar-refractivity contribution in [1.29, 1.82) is 0 Å². The van der Waals surface area contributed by atoms with Gasteiger partial charge < -0.3 is 68.5 Å². The smallest absolute Gasteiger partial charge is 0.417 e. The van der Waals surface area contributed by atoms with Crippen molar-refractivity contribution in [2.45, 2.75) is 176 Å². The number of hydrogen-bond acceptors (Lipinski definition) is 18. The molecule has 3 aromatic heterocycles. The number of halogens is 10. The van der Waals surface area contributed by atoms with E-state index in [0.29, 0.717) is 168 Å². The van der Waals surface area contributed by atoms with Gasteiger partial charge in [-0.1, -0.05) is 43.3 Å². The fraction of sp³-hybridized carbons (Fsp3) is 0.394. The zero-order valence-corrected chi connectivity index (χ0v) is 76.5. The summed E-state index contributed by atoms with van der Waals surface area (Å²) < 4.78 is 180. The highest BCUT2D eigenvalue weighted by molar-refractivity contribution is 6.01. The Bertz CT molecular complexity index is 6560. The minimum Gasteiger partial charge on any atom is -0.493 e. The number of ketones is 3. The molecule has 7 aromatic carbocycles. The van der Waals surface area contributed by atoms with Crippen LogP contribution in [0.25, 0.3) is 44.3 Å². The third-order valence-electron chi connectivity index (χ3n) is 25.6. The van der Waals surface area contributed by atoms with Crippen LogP contribution in [0.1, 0.15) is 160 Å². The van der Waals surface area contributed by atoms with Crippen molar-refractivity contribution < 1.29 is 96.4 Å². The van der Waals surface area contributed by atoms with Gasteiger partial charge in [0.2, 0.25) is 0 Å². The van der Waals surface area contributed by atoms with Gasteiger partial charge in [0.25, 0.3) is 34.4 Å². The highest BCUT2D eigenvalue weighted by Gasteiger charge is 2.40. The molecule has 4 N–H and O–H groups in total. The monoisotopic (exact) mass is 1860 g/mol. The quantitative estimate of drug-likeness (QED) is 0.0433. The Morgan fingerprint density at radius 3 is 1.34 bits per heavy atom. The Morgan fingerprint density at radius 2 is 0.896 bits per heavy atom. The molecule has 0 saturated carbocycles. The van der Waals surface area contributed by atoms with Crippen molar-refractivity contribution >= 4 is 63.0 Å². The van der Waals surface area contributed by atoms with E-state index in [1.165, 1.54) is 75.2 Å². The average molecular weight is 1860 g/mol. The van der Waals surface area contributed by atoms with Crippen LogP contribution in [0.3, 0.4) is 0 Å². The summed E-state index contributed by atoms with van der Waals surface area (Å²) in [5.41, 5.74) is 2.77. The number of hydrogen-bond donors (Lipinski definition) is 4. The largest absolute Gasteiger partial charge is 0.493 e. The summed E-state index contributed by atoms with van der Waals surface area (Å²) in [6, 6.07) is 17.9. The van der Waals surface area contributed by atoms with Crippen LogP contribution in [0.5, 0.6) is 11.5 Å². The molecule has 0 aliphatic carbocycles. The van der Waals surface area contributed by atoms with E-state index in [9.17, 15) is 74.3 Å². The number of amides is 3. The fourth-order valence-corrected chi connectivity index (χ4v) is 17.8. The molecule has 6 atom stereocenters. The number of aromatic nitrogens is 4. The summed E-state index contributed by atoms with van der Waals surface area (Å²) in [6.07, 6.45) is -1.54. The van der Waals surface area contributed by atoms with E-state index in [4.69, 9.17) is 23.7 Å². The van der Waals surface area contributed by atoms with Gasteiger partial charge in [-0.15, -0.1) is 0 Å². The Hall–Kier alpha value is -13.0. The molecule has 5 aliphatic rings. The van der Waals surface area contributed by atoms with Crippen molar-refractivity contribution in [3.63, 3.8) is 0 Å². The number of pyridine rings is 2. The van der Waals surface area contributed by atoms with Gasteiger partial charge in [-0.05, 0) is 205 Å². The van der Waals surface area contributed by atoms with Crippen LogP contribution in [0.15, 0.2) is 116 Å². The molecule has 10 aromatic rings. The maximum Gasteiger partial charge on any atom is 0.417 e. The predicted molar refractivity (Wildman–Crippen MR) is 484 cm³/mol. The molecule has 15 rings (SSSR count). The van der Waals surface area contributed by atoms with Crippen molar-refractivity contribution in [3.8, 4) is 44.9 Å². The lowest BCUT2D eigenvalue weighted by atomic mass is 9.88. The molecule has 35 heteroatoms. The average Bonchev–Trinajstić information content (AvgIpc) is 1.22. The Balaban J connectivity index is 0.000000171. The summed E-state index contributed by atoms with van der Waals surface area (Å²) in [6.45, 7) is 19.4. The van der Waals surface area contributed by atoms with Crippen molar-refractivity contribution in [3.05, 3.63) is 257 Å². The Labute approximate surface area is 764 Å². The van der Waals surface area contributed by atoms with Crippen LogP contribution in [-0.2, 0) is 108 Å². The van der Waals surface area contributed by atoms with E-state index < -0.39 is 145 Å². The molecule has 0 bridgehead atoms. The second kappa shape index (κ2) is 40.8. The number of nitrogens with zero attached hydrogens (tertiary/aromatic N) is 6. The molecule has 710 valence electrons. The van der Waals surface area contributed by atoms with Crippen LogP contribution in [0, 0.1) is 61.5 Å². The molecule has 2 fully saturated rings. The summed E-state index contributed by atoms with van der Waals surface area (Å²) in [5.74, 6) is -10.3. The van der Waals surface area contributed by atoms with E-state index >= 15 is 17.6 Å². The molecular formula is C99H104F10N10O15. The van der Waals surface area contributed by atoms with Crippen LogP contribution >= 0.6 is 0 Å². The lowest BCUT2D eigenvalue weighted by Crippen LogP contribution is -2.44. The predicted octanol–water partition coefficient (Wildman–Crippen LogP) is 14.1. The first-order valence-electron chi connectivity index (χ1n) is 44.0. The number of morpholine rings is 2. The van der Waals surface area contributed by atoms with Gasteiger partial charge in [-0.25, -0.2) is 35.5 Å². The summed E-state index contributed by atoms with van der Waals surface area (Å²) >= 11 is 0. The zero-order chi connectivity index (χ0) is 97.2. The fourth-order valence-electron chi connectivity index (χ4n) is 17.8. The molecule has 0 unspecified atom stereocenters. The molecule has 134 heavy (non-hydrogen) atoms. The molecule has 2 saturated heterocycles. The van der Waals surface area contributed by atoms with Crippen molar-refractivity contribution in [2.24, 2.45) is 28.2 Å². The van der Waals surface area contributed by atoms with E-state index in [1.54, 1.807) is 63.2 Å². The topological polar surface area (TPSA) is 291 Å². The number of alkyl halides is 3. The number of carbonyl (C=O) groups is 6. The van der Waals surface area contributed by atoms with Gasteiger partial charge in [0.1, 0.15) is 68.9 Å². The highest BCUT2D eigenvalue weighted by Crippen LogP contribution is 2.44. The first-order valence-corrected chi connectivity index (χ1v) is 44.0. The molecule has 8 heterocycles. The van der Waals surface area contributed by atoms with E-state index in [0.717, 1.165) is 69.1 Å². The second-order valence-corrected chi connectivity index (χ2v) is 34.5. The number of ether oxygens (including phenoxy) is 5. The van der Waals surface area contributed by atoms with Crippen LogP contribution in [-0.4, -0.2) is 142 Å². The molecule has 0 radical (unpaired) electrons. The number of Topliss-reactive ketones (excluding diaryl/α,β-unsaturated/α-hetero) is 3. The molecule has 3 amide bonds.